The van der Waals surface area contributed by atoms with E-state index < -0.39 is 45.4 Å². The first-order chi connectivity index (χ1) is 17.7. The second-order valence-corrected chi connectivity index (χ2v) is 12.5. The zero-order chi connectivity index (χ0) is 28.7. The quantitative estimate of drug-likeness (QED) is 0.330. The zero-order valence-corrected chi connectivity index (χ0v) is 23.7. The van der Waals surface area contributed by atoms with Crippen LogP contribution in [0.25, 0.3) is 0 Å². The molecule has 3 N–H and O–H groups in total. The van der Waals surface area contributed by atoms with E-state index in [1.165, 1.54) is 44.3 Å². The SMILES string of the molecule is COc1ccc(S(=O)(=O)N(CC(C)C)C[C@@H](O)[C@H](Cc2ccccc2)NC(=O)[C@H](C)C(C)(C)C(=O)O)cc1. The predicted molar refractivity (Wildman–Crippen MR) is 145 cm³/mol. The number of nitrogens with one attached hydrogen (secondary N) is 1. The van der Waals surface area contributed by atoms with Crippen molar-refractivity contribution in [2.75, 3.05) is 20.2 Å². The van der Waals surface area contributed by atoms with Gasteiger partial charge in [-0.15, -0.1) is 0 Å². The number of ether oxygens (including phenoxy) is 1. The summed E-state index contributed by atoms with van der Waals surface area (Å²) in [5.41, 5.74) is -0.510. The fourth-order valence-electron chi connectivity index (χ4n) is 3.88. The number of carboxylic acid groups (broad SMARTS) is 1. The summed E-state index contributed by atoms with van der Waals surface area (Å²) in [6.45, 7) is 8.10. The normalized spacial score (nSPS) is 14.7. The number of rotatable bonds is 14. The average molecular weight is 549 g/mol. The maximum atomic E-state index is 13.5. The van der Waals surface area contributed by atoms with Crippen molar-refractivity contribution in [3.8, 4) is 5.75 Å². The summed E-state index contributed by atoms with van der Waals surface area (Å²) in [6.07, 6.45) is -1.04. The lowest BCUT2D eigenvalue weighted by molar-refractivity contribution is -0.153. The third kappa shape index (κ3) is 8.02. The summed E-state index contributed by atoms with van der Waals surface area (Å²) >= 11 is 0. The standard InChI is InChI=1S/C28H40N2O7S/c1-19(2)17-30(38(35,36)23-14-12-22(37-6)13-15-23)18-25(31)24(16-21-10-8-7-9-11-21)29-26(32)20(3)28(4,5)27(33)34/h7-15,19-20,24-25,31H,16-18H2,1-6H3,(H,29,32)(H,33,34)/t20-,24-,25+/m0/s1. The van der Waals surface area contributed by atoms with Crippen LogP contribution in [0.4, 0.5) is 0 Å². The third-order valence-corrected chi connectivity index (χ3v) is 8.62. The molecule has 2 rings (SSSR count). The maximum Gasteiger partial charge on any atom is 0.309 e. The van der Waals surface area contributed by atoms with Gasteiger partial charge >= 0.3 is 5.97 Å². The Hall–Kier alpha value is -2.95. The highest BCUT2D eigenvalue weighted by Gasteiger charge is 2.40. The number of aliphatic carboxylic acids is 1. The minimum Gasteiger partial charge on any atom is -0.497 e. The molecule has 3 atom stereocenters. The van der Waals surface area contributed by atoms with Gasteiger partial charge in [-0.3, -0.25) is 9.59 Å². The summed E-state index contributed by atoms with van der Waals surface area (Å²) in [5.74, 6) is -2.07. The fraction of sp³-hybridized carbons (Fsp3) is 0.500. The van der Waals surface area contributed by atoms with E-state index in [0.29, 0.717) is 5.75 Å². The Bertz CT molecular complexity index is 1170. The van der Waals surface area contributed by atoms with Gasteiger partial charge in [0.05, 0.1) is 35.5 Å². The van der Waals surface area contributed by atoms with Crippen LogP contribution in [0.15, 0.2) is 59.5 Å². The zero-order valence-electron chi connectivity index (χ0n) is 22.9. The number of sulfonamides is 1. The number of carbonyl (C=O) groups excluding carboxylic acids is 1. The Morgan fingerprint density at radius 3 is 2.08 bits per heavy atom. The molecule has 0 bridgehead atoms. The van der Waals surface area contributed by atoms with Crippen molar-refractivity contribution in [3.63, 3.8) is 0 Å². The van der Waals surface area contributed by atoms with Crippen LogP contribution in [0, 0.1) is 17.3 Å². The van der Waals surface area contributed by atoms with Crippen molar-refractivity contribution in [2.45, 2.75) is 58.1 Å². The lowest BCUT2D eigenvalue weighted by Gasteiger charge is -2.33. The van der Waals surface area contributed by atoms with E-state index in [9.17, 15) is 28.2 Å². The van der Waals surface area contributed by atoms with Gasteiger partial charge in [0.15, 0.2) is 0 Å². The molecule has 38 heavy (non-hydrogen) atoms. The number of nitrogens with zero attached hydrogens (tertiary/aromatic N) is 1. The molecule has 0 aliphatic carbocycles. The predicted octanol–water partition coefficient (Wildman–Crippen LogP) is 3.18. The molecule has 0 spiro atoms. The smallest absolute Gasteiger partial charge is 0.309 e. The molecule has 0 aromatic heterocycles. The van der Waals surface area contributed by atoms with Crippen molar-refractivity contribution in [1.29, 1.82) is 0 Å². The van der Waals surface area contributed by atoms with Gasteiger partial charge in [-0.1, -0.05) is 51.1 Å². The van der Waals surface area contributed by atoms with Crippen LogP contribution in [0.3, 0.4) is 0 Å². The van der Waals surface area contributed by atoms with E-state index in [2.05, 4.69) is 5.32 Å². The summed E-state index contributed by atoms with van der Waals surface area (Å²) in [4.78, 5) is 24.9. The molecular weight excluding hydrogens is 508 g/mol. The Labute approximate surface area is 225 Å². The Kier molecular flexibility index (Phi) is 10.9. The van der Waals surface area contributed by atoms with Crippen LogP contribution in [-0.4, -0.2) is 67.2 Å². The number of carbonyl (C=O) groups is 2. The number of carboxylic acids is 1. The molecule has 2 aromatic carbocycles. The monoisotopic (exact) mass is 548 g/mol. The molecule has 2 aromatic rings. The fourth-order valence-corrected chi connectivity index (χ4v) is 5.50. The van der Waals surface area contributed by atoms with Crippen LogP contribution < -0.4 is 10.1 Å². The highest BCUT2D eigenvalue weighted by Crippen LogP contribution is 2.27. The van der Waals surface area contributed by atoms with Gasteiger partial charge in [-0.05, 0) is 56.0 Å². The van der Waals surface area contributed by atoms with Gasteiger partial charge in [-0.25, -0.2) is 8.42 Å². The molecular formula is C28H40N2O7S. The van der Waals surface area contributed by atoms with Crippen molar-refractivity contribution in [1.82, 2.24) is 9.62 Å². The van der Waals surface area contributed by atoms with Gasteiger partial charge in [0.1, 0.15) is 5.75 Å². The van der Waals surface area contributed by atoms with Crippen molar-refractivity contribution < 1.29 is 33.0 Å². The molecule has 0 unspecified atom stereocenters. The van der Waals surface area contributed by atoms with Crippen molar-refractivity contribution in [3.05, 3.63) is 60.2 Å². The minimum absolute atomic E-state index is 0.0335. The molecule has 210 valence electrons. The number of aliphatic hydroxyl groups excluding tert-OH is 1. The number of hydrogen-bond donors (Lipinski definition) is 3. The second kappa shape index (κ2) is 13.2. The lowest BCUT2D eigenvalue weighted by atomic mass is 9.79. The van der Waals surface area contributed by atoms with Crippen molar-refractivity contribution in [2.24, 2.45) is 17.3 Å². The van der Waals surface area contributed by atoms with E-state index >= 15 is 0 Å². The van der Waals surface area contributed by atoms with E-state index in [4.69, 9.17) is 4.74 Å². The van der Waals surface area contributed by atoms with E-state index in [1.54, 1.807) is 12.1 Å². The number of hydrogen-bond acceptors (Lipinski definition) is 6. The van der Waals surface area contributed by atoms with Crippen LogP contribution in [0.2, 0.25) is 0 Å². The Balaban J connectivity index is 2.37. The number of amides is 1. The molecule has 0 fully saturated rings. The van der Waals surface area contributed by atoms with E-state index in [-0.39, 0.29) is 30.3 Å². The molecule has 0 saturated heterocycles. The largest absolute Gasteiger partial charge is 0.497 e. The van der Waals surface area contributed by atoms with Crippen LogP contribution in [0.5, 0.6) is 5.75 Å². The van der Waals surface area contributed by atoms with Crippen molar-refractivity contribution >= 4 is 21.9 Å². The number of benzene rings is 2. The maximum absolute atomic E-state index is 13.5. The van der Waals surface area contributed by atoms with Crippen LogP contribution >= 0.6 is 0 Å². The lowest BCUT2D eigenvalue weighted by Crippen LogP contribution is -2.53. The average Bonchev–Trinajstić information content (AvgIpc) is 2.87. The third-order valence-electron chi connectivity index (χ3n) is 6.77. The second-order valence-electron chi connectivity index (χ2n) is 10.5. The first-order valence-corrected chi connectivity index (χ1v) is 14.0. The molecule has 0 radical (unpaired) electrons. The molecule has 0 heterocycles. The van der Waals surface area contributed by atoms with Gasteiger partial charge in [-0.2, -0.15) is 4.31 Å². The summed E-state index contributed by atoms with van der Waals surface area (Å²) in [7, 11) is -2.48. The molecule has 1 amide bonds. The van der Waals surface area contributed by atoms with Gasteiger partial charge in [0.25, 0.3) is 0 Å². The molecule has 0 saturated carbocycles. The number of aliphatic hydroxyl groups is 1. The van der Waals surface area contributed by atoms with Crippen LogP contribution in [0.1, 0.15) is 40.2 Å². The Morgan fingerprint density at radius 1 is 1.00 bits per heavy atom. The minimum atomic E-state index is -3.97. The van der Waals surface area contributed by atoms with Gasteiger partial charge < -0.3 is 20.3 Å². The molecule has 0 aliphatic heterocycles. The van der Waals surface area contributed by atoms with Gasteiger partial charge in [0.2, 0.25) is 15.9 Å². The van der Waals surface area contributed by atoms with E-state index in [1.807, 2.05) is 44.2 Å². The topological polar surface area (TPSA) is 133 Å². The highest BCUT2D eigenvalue weighted by atomic mass is 32.2. The first kappa shape index (κ1) is 31.3. The molecule has 10 heteroatoms. The summed E-state index contributed by atoms with van der Waals surface area (Å²) < 4.78 is 33.4. The molecule has 9 nitrogen and oxygen atoms in total. The Morgan fingerprint density at radius 2 is 1.58 bits per heavy atom. The van der Waals surface area contributed by atoms with E-state index in [0.717, 1.165) is 5.56 Å². The molecule has 0 aliphatic rings. The summed E-state index contributed by atoms with van der Waals surface area (Å²) in [5, 5.41) is 23.7. The first-order valence-electron chi connectivity index (χ1n) is 12.6. The highest BCUT2D eigenvalue weighted by molar-refractivity contribution is 7.89. The summed E-state index contributed by atoms with van der Waals surface area (Å²) in [6, 6.07) is 14.3. The van der Waals surface area contributed by atoms with Gasteiger partial charge in [0, 0.05) is 13.1 Å². The number of methoxy groups -OCH3 is 1. The van der Waals surface area contributed by atoms with Crippen LogP contribution in [-0.2, 0) is 26.0 Å².